The third-order valence-corrected chi connectivity index (χ3v) is 5.04. The zero-order chi connectivity index (χ0) is 23.8. The highest BCUT2D eigenvalue weighted by molar-refractivity contribution is 5.79. The molecule has 4 rings (SSSR count). The number of aliphatic hydroxyl groups is 1. The Morgan fingerprint density at radius 3 is 2.76 bits per heavy atom. The first-order valence-corrected chi connectivity index (χ1v) is 9.89. The molecule has 2 atom stereocenters. The van der Waals surface area contributed by atoms with Crippen molar-refractivity contribution in [1.29, 1.82) is 0 Å². The van der Waals surface area contributed by atoms with Crippen LogP contribution in [-0.4, -0.2) is 37.2 Å². The number of nitrogens with two attached hydrogens (primary N) is 1. The number of imidazole rings is 1. The Kier molecular flexibility index (Phi) is 6.01. The van der Waals surface area contributed by atoms with Crippen LogP contribution in [0.15, 0.2) is 35.1 Å². The van der Waals surface area contributed by atoms with E-state index in [0.29, 0.717) is 34.8 Å². The van der Waals surface area contributed by atoms with Gasteiger partial charge in [0.25, 0.3) is 0 Å². The summed E-state index contributed by atoms with van der Waals surface area (Å²) < 4.78 is 44.2. The first-order chi connectivity index (χ1) is 15.7. The van der Waals surface area contributed by atoms with Gasteiger partial charge in [0.05, 0.1) is 28.3 Å². The Morgan fingerprint density at radius 2 is 2.03 bits per heavy atom. The maximum Gasteiger partial charge on any atom is 0.416 e. The summed E-state index contributed by atoms with van der Waals surface area (Å²) in [4.78, 5) is 15.2. The largest absolute Gasteiger partial charge is 0.416 e. The minimum atomic E-state index is -4.45. The van der Waals surface area contributed by atoms with Gasteiger partial charge in [0.2, 0.25) is 0 Å². The maximum atomic E-state index is 12.9. The van der Waals surface area contributed by atoms with E-state index in [-0.39, 0.29) is 17.2 Å². The first-order valence-electron chi connectivity index (χ1n) is 9.89. The van der Waals surface area contributed by atoms with Gasteiger partial charge in [-0.1, -0.05) is 5.16 Å². The molecule has 174 valence electrons. The van der Waals surface area contributed by atoms with Crippen LogP contribution in [0.3, 0.4) is 0 Å². The van der Waals surface area contributed by atoms with Crippen molar-refractivity contribution in [3.63, 3.8) is 0 Å². The van der Waals surface area contributed by atoms with Crippen molar-refractivity contribution in [3.8, 4) is 11.5 Å². The summed E-state index contributed by atoms with van der Waals surface area (Å²) in [6, 6.07) is 4.33. The molecule has 3 aromatic heterocycles. The lowest BCUT2D eigenvalue weighted by Crippen LogP contribution is -2.27. The average Bonchev–Trinajstić information content (AvgIpc) is 3.41. The molecule has 0 fully saturated rings. The summed E-state index contributed by atoms with van der Waals surface area (Å²) in [6.07, 6.45) is -4.36. The van der Waals surface area contributed by atoms with Crippen LogP contribution in [0, 0.1) is 0 Å². The molecule has 3 heterocycles. The molecule has 13 heteroatoms. The Labute approximate surface area is 185 Å². The molecule has 0 aliphatic heterocycles. The zero-order valence-electron chi connectivity index (χ0n) is 17.6. The molecule has 0 bridgehead atoms. The van der Waals surface area contributed by atoms with Crippen molar-refractivity contribution in [2.24, 2.45) is 0 Å². The van der Waals surface area contributed by atoms with Crippen molar-refractivity contribution in [1.82, 2.24) is 35.7 Å². The fraction of sp³-hybridized carbons (Fsp3) is 0.300. The molecule has 0 aliphatic rings. The van der Waals surface area contributed by atoms with Crippen LogP contribution in [0.25, 0.3) is 22.6 Å². The van der Waals surface area contributed by atoms with Gasteiger partial charge in [-0.15, -0.1) is 0 Å². The number of rotatable bonds is 7. The molecular formula is C20H21F3N8O2. The van der Waals surface area contributed by atoms with Gasteiger partial charge in [0, 0.05) is 18.2 Å². The third-order valence-electron chi connectivity index (χ3n) is 5.04. The van der Waals surface area contributed by atoms with Crippen LogP contribution >= 0.6 is 0 Å². The number of aromatic nitrogens is 5. The smallest absolute Gasteiger partial charge is 0.383 e. The average molecular weight is 462 g/mol. The molecule has 4 aromatic rings. The Hall–Kier alpha value is -3.55. The molecule has 0 saturated heterocycles. The molecule has 0 saturated carbocycles. The fourth-order valence-electron chi connectivity index (χ4n) is 3.34. The lowest BCUT2D eigenvalue weighted by atomic mass is 10.1. The summed E-state index contributed by atoms with van der Waals surface area (Å²) in [6.45, 7) is 2.10. The highest BCUT2D eigenvalue weighted by Gasteiger charge is 2.31. The van der Waals surface area contributed by atoms with Crippen molar-refractivity contribution in [2.75, 3.05) is 12.8 Å². The molecule has 0 radical (unpaired) electrons. The number of aromatic amines is 1. The second kappa shape index (κ2) is 8.77. The minimum Gasteiger partial charge on any atom is -0.383 e. The Balaban J connectivity index is 1.53. The van der Waals surface area contributed by atoms with E-state index in [4.69, 9.17) is 10.3 Å². The summed E-state index contributed by atoms with van der Waals surface area (Å²) in [5.41, 5.74) is 6.89. The van der Waals surface area contributed by atoms with Gasteiger partial charge < -0.3 is 25.7 Å². The van der Waals surface area contributed by atoms with E-state index in [2.05, 4.69) is 35.7 Å². The van der Waals surface area contributed by atoms with E-state index in [9.17, 15) is 18.3 Å². The van der Waals surface area contributed by atoms with Gasteiger partial charge in [0.15, 0.2) is 11.6 Å². The van der Waals surface area contributed by atoms with Gasteiger partial charge in [-0.05, 0) is 32.2 Å². The highest BCUT2D eigenvalue weighted by atomic mass is 19.4. The number of hydrogen-bond donors (Lipinski definition) is 5. The number of nitrogens with zero attached hydrogens (tertiary/aromatic N) is 4. The minimum absolute atomic E-state index is 0.226. The number of benzene rings is 1. The number of alkyl halides is 3. The van der Waals surface area contributed by atoms with E-state index in [1.54, 1.807) is 20.0 Å². The molecule has 33 heavy (non-hydrogen) atoms. The van der Waals surface area contributed by atoms with E-state index < -0.39 is 24.0 Å². The number of halogens is 3. The van der Waals surface area contributed by atoms with Crippen LogP contribution < -0.4 is 16.4 Å². The molecule has 10 nitrogen and oxygen atoms in total. The van der Waals surface area contributed by atoms with Crippen LogP contribution in [0.4, 0.5) is 19.0 Å². The summed E-state index contributed by atoms with van der Waals surface area (Å²) in [5.74, 6) is 0.882. The molecule has 0 spiro atoms. The number of H-pyrrole nitrogens is 1. The van der Waals surface area contributed by atoms with E-state index >= 15 is 0 Å². The summed E-state index contributed by atoms with van der Waals surface area (Å²) >= 11 is 0. The summed E-state index contributed by atoms with van der Waals surface area (Å²) in [5, 5.41) is 20.5. The second-order valence-electron chi connectivity index (χ2n) is 7.37. The monoisotopic (exact) mass is 462 g/mol. The molecular weight excluding hydrogens is 441 g/mol. The quantitative estimate of drug-likeness (QED) is 0.261. The van der Waals surface area contributed by atoms with Gasteiger partial charge in [-0.25, -0.2) is 15.0 Å². The van der Waals surface area contributed by atoms with E-state index in [1.165, 1.54) is 12.4 Å². The fourth-order valence-corrected chi connectivity index (χ4v) is 3.34. The highest BCUT2D eigenvalue weighted by Crippen LogP contribution is 2.32. The van der Waals surface area contributed by atoms with Crippen LogP contribution in [0.5, 0.6) is 0 Å². The van der Waals surface area contributed by atoms with Crippen molar-refractivity contribution in [3.05, 3.63) is 53.2 Å². The van der Waals surface area contributed by atoms with Crippen molar-refractivity contribution in [2.45, 2.75) is 31.9 Å². The molecule has 1 unspecified atom stereocenters. The number of hydrogen-bond acceptors (Lipinski definition) is 9. The van der Waals surface area contributed by atoms with Gasteiger partial charge in [-0.3, -0.25) is 5.32 Å². The Bertz CT molecular complexity index is 1270. The van der Waals surface area contributed by atoms with E-state index in [0.717, 1.165) is 12.1 Å². The first kappa shape index (κ1) is 22.6. The van der Waals surface area contributed by atoms with Crippen LogP contribution in [0.1, 0.15) is 41.8 Å². The van der Waals surface area contributed by atoms with Gasteiger partial charge in [-0.2, -0.15) is 13.2 Å². The predicted octanol–water partition coefficient (Wildman–Crippen LogP) is 2.67. The molecule has 6 N–H and O–H groups in total. The second-order valence-corrected chi connectivity index (χ2v) is 7.37. The third kappa shape index (κ3) is 4.65. The number of nitrogens with one attached hydrogen (secondary N) is 3. The number of aliphatic hydroxyl groups excluding tert-OH is 1. The molecule has 0 aliphatic carbocycles. The van der Waals surface area contributed by atoms with Crippen molar-refractivity contribution < 1.29 is 22.8 Å². The molecule has 1 aromatic carbocycles. The topological polar surface area (TPSA) is 151 Å². The van der Waals surface area contributed by atoms with Gasteiger partial charge in [0.1, 0.15) is 24.1 Å². The lowest BCUT2D eigenvalue weighted by Gasteiger charge is -2.19. The number of fused-ring (bicyclic) bond motifs is 1. The number of nitrogen functional groups attached to an aromatic ring is 1. The SMILES string of the molecule is CNCc1c(N)ncnc1C(O)N[C@@H](C)c1cc(-c2nc3ccc(C(F)(F)F)cc3[nH]2)no1. The summed E-state index contributed by atoms with van der Waals surface area (Å²) in [7, 11) is 1.73. The van der Waals surface area contributed by atoms with Crippen LogP contribution in [0.2, 0.25) is 0 Å². The Morgan fingerprint density at radius 1 is 1.24 bits per heavy atom. The molecule has 0 amide bonds. The normalized spacial score (nSPS) is 14.0. The zero-order valence-corrected chi connectivity index (χ0v) is 17.6. The van der Waals surface area contributed by atoms with Crippen LogP contribution in [-0.2, 0) is 12.7 Å². The van der Waals surface area contributed by atoms with Gasteiger partial charge >= 0.3 is 6.18 Å². The van der Waals surface area contributed by atoms with Crippen molar-refractivity contribution >= 4 is 16.9 Å². The van der Waals surface area contributed by atoms with E-state index in [1.807, 2.05) is 0 Å². The predicted molar refractivity (Wildman–Crippen MR) is 112 cm³/mol. The lowest BCUT2D eigenvalue weighted by molar-refractivity contribution is -0.137. The number of anilines is 1. The standard InChI is InChI=1S/C20H21F3N8O2/c1-9(28-19(32)16-11(7-25-2)17(24)27-8-26-16)15-6-14(31-33-15)18-29-12-4-3-10(20(21,22)23)5-13(12)30-18/h3-6,8-9,19,25,28,32H,7H2,1-2H3,(H,29,30)(H2,24,26,27)/t9-,19?/m0/s1. The maximum absolute atomic E-state index is 12.9.